The fourth-order valence-corrected chi connectivity index (χ4v) is 2.94. The summed E-state index contributed by atoms with van der Waals surface area (Å²) in [5.41, 5.74) is 4.39. The fourth-order valence-electron chi connectivity index (χ4n) is 2.81. The molecule has 3 nitrogen and oxygen atoms in total. The van der Waals surface area contributed by atoms with E-state index in [1.54, 1.807) is 6.20 Å². The maximum atomic E-state index is 12.1. The molecule has 0 fully saturated rings. The molecule has 0 aliphatic heterocycles. The number of nitrogens with one attached hydrogen (secondary N) is 1. The van der Waals surface area contributed by atoms with Crippen molar-refractivity contribution in [2.24, 2.45) is 0 Å². The van der Waals surface area contributed by atoms with E-state index in [1.807, 2.05) is 37.4 Å². The predicted molar refractivity (Wildman–Crippen MR) is 97.2 cm³/mol. The molecule has 0 amide bonds. The van der Waals surface area contributed by atoms with E-state index in [1.165, 1.54) is 0 Å². The number of hydrogen-bond donors (Lipinski definition) is 1. The maximum absolute atomic E-state index is 12.1. The quantitative estimate of drug-likeness (QED) is 0.668. The van der Waals surface area contributed by atoms with Gasteiger partial charge in [0.15, 0.2) is 0 Å². The number of carbonyl (C=O) groups excluding carboxylic acids is 1. The van der Waals surface area contributed by atoms with Gasteiger partial charge < -0.3 is 0 Å². The lowest BCUT2D eigenvalue weighted by atomic mass is 9.86. The number of nitrogens with zero attached hydrogens (tertiary/aromatic N) is 1. The van der Waals surface area contributed by atoms with Crippen LogP contribution in [0.25, 0.3) is 11.1 Å². The Balaban J connectivity index is 1.92. The topological polar surface area (TPSA) is 45.8 Å². The van der Waals surface area contributed by atoms with Crippen LogP contribution in [-0.2, 0) is 4.79 Å². The Kier molecular flexibility index (Phi) is 5.11. The Bertz CT molecular complexity index is 793. The number of halogens is 1. The van der Waals surface area contributed by atoms with Crippen LogP contribution >= 0.6 is 11.6 Å². The van der Waals surface area contributed by atoms with Crippen molar-refractivity contribution in [3.63, 3.8) is 0 Å². The molecule has 0 radical (unpaired) electrons. The lowest BCUT2D eigenvalue weighted by Crippen LogP contribution is -2.08. The third kappa shape index (κ3) is 3.74. The summed E-state index contributed by atoms with van der Waals surface area (Å²) in [6.07, 6.45) is 4.72. The van der Waals surface area contributed by atoms with Crippen molar-refractivity contribution >= 4 is 17.4 Å². The number of ketones is 1. The van der Waals surface area contributed by atoms with Crippen molar-refractivity contribution in [3.05, 3.63) is 77.1 Å². The first-order chi connectivity index (χ1) is 11.7. The Hall–Kier alpha value is -2.39. The zero-order chi connectivity index (χ0) is 16.9. The van der Waals surface area contributed by atoms with Gasteiger partial charge in [0, 0.05) is 35.5 Å². The molecule has 3 aromatic rings. The molecule has 1 aromatic heterocycles. The highest BCUT2D eigenvalue weighted by molar-refractivity contribution is 6.30. The van der Waals surface area contributed by atoms with Gasteiger partial charge in [0.05, 0.1) is 6.20 Å². The molecule has 0 aliphatic rings. The highest BCUT2D eigenvalue weighted by Crippen LogP contribution is 2.31. The van der Waals surface area contributed by atoms with E-state index in [4.69, 9.17) is 11.6 Å². The second-order valence-corrected chi connectivity index (χ2v) is 6.25. The highest BCUT2D eigenvalue weighted by atomic mass is 35.5. The van der Waals surface area contributed by atoms with Gasteiger partial charge in [-0.2, -0.15) is 5.10 Å². The second kappa shape index (κ2) is 7.45. The van der Waals surface area contributed by atoms with Gasteiger partial charge >= 0.3 is 0 Å². The molecule has 0 aliphatic carbocycles. The van der Waals surface area contributed by atoms with Crippen LogP contribution in [0.4, 0.5) is 0 Å². The summed E-state index contributed by atoms with van der Waals surface area (Å²) in [6.45, 7) is 1.91. The van der Waals surface area contributed by atoms with Gasteiger partial charge in [-0.15, -0.1) is 0 Å². The van der Waals surface area contributed by atoms with Crippen molar-refractivity contribution in [1.29, 1.82) is 0 Å². The van der Waals surface area contributed by atoms with Gasteiger partial charge in [0.25, 0.3) is 0 Å². The van der Waals surface area contributed by atoms with E-state index in [0.717, 1.165) is 22.3 Å². The van der Waals surface area contributed by atoms with Crippen LogP contribution in [-0.4, -0.2) is 16.0 Å². The first-order valence-electron chi connectivity index (χ1n) is 8.03. The van der Waals surface area contributed by atoms with Crippen LogP contribution in [0.2, 0.25) is 5.02 Å². The number of carbonyl (C=O) groups is 1. The van der Waals surface area contributed by atoms with Gasteiger partial charge in [-0.3, -0.25) is 9.89 Å². The lowest BCUT2D eigenvalue weighted by molar-refractivity contribution is -0.118. The van der Waals surface area contributed by atoms with Gasteiger partial charge in [0.1, 0.15) is 5.78 Å². The summed E-state index contributed by atoms with van der Waals surface area (Å²) in [7, 11) is 0. The molecule has 24 heavy (non-hydrogen) atoms. The van der Waals surface area contributed by atoms with Crippen LogP contribution in [0.3, 0.4) is 0 Å². The van der Waals surface area contributed by atoms with E-state index in [9.17, 15) is 4.79 Å². The predicted octanol–water partition coefficient (Wildman–Crippen LogP) is 5.23. The van der Waals surface area contributed by atoms with E-state index in [2.05, 4.69) is 34.5 Å². The first-order valence-corrected chi connectivity index (χ1v) is 8.41. The average Bonchev–Trinajstić information content (AvgIpc) is 3.15. The summed E-state index contributed by atoms with van der Waals surface area (Å²) in [4.78, 5) is 12.1. The molecule has 0 saturated carbocycles. The minimum absolute atomic E-state index is 0.0492. The summed E-state index contributed by atoms with van der Waals surface area (Å²) >= 11 is 6.00. The maximum Gasteiger partial charge on any atom is 0.133 e. The number of aromatic amines is 1. The minimum Gasteiger partial charge on any atom is -0.300 e. The molecule has 3 rings (SSSR count). The molecule has 1 atom stereocenters. The van der Waals surface area contributed by atoms with Gasteiger partial charge in [-0.25, -0.2) is 0 Å². The van der Waals surface area contributed by atoms with E-state index in [-0.39, 0.29) is 11.7 Å². The molecular formula is C20H19ClN2O. The summed E-state index contributed by atoms with van der Waals surface area (Å²) in [5, 5.41) is 7.51. The zero-order valence-electron chi connectivity index (χ0n) is 13.5. The first kappa shape index (κ1) is 16.5. The molecule has 1 N–H and O–H groups in total. The summed E-state index contributed by atoms with van der Waals surface area (Å²) in [6, 6.07) is 16.1. The smallest absolute Gasteiger partial charge is 0.133 e. The second-order valence-electron chi connectivity index (χ2n) is 5.81. The molecule has 1 unspecified atom stereocenters. The Labute approximate surface area is 146 Å². The van der Waals surface area contributed by atoms with Gasteiger partial charge in [0.2, 0.25) is 0 Å². The summed E-state index contributed by atoms with van der Waals surface area (Å²) < 4.78 is 0. The Morgan fingerprint density at radius 3 is 2.21 bits per heavy atom. The van der Waals surface area contributed by atoms with Crippen LogP contribution in [0.15, 0.2) is 60.9 Å². The van der Waals surface area contributed by atoms with Gasteiger partial charge in [-0.1, -0.05) is 54.9 Å². The molecule has 4 heteroatoms. The minimum atomic E-state index is 0.0492. The zero-order valence-corrected chi connectivity index (χ0v) is 14.3. The Morgan fingerprint density at radius 1 is 1.04 bits per heavy atom. The van der Waals surface area contributed by atoms with E-state index in [0.29, 0.717) is 17.9 Å². The monoisotopic (exact) mass is 338 g/mol. The van der Waals surface area contributed by atoms with Crippen molar-refractivity contribution in [2.45, 2.75) is 25.7 Å². The number of benzene rings is 2. The largest absolute Gasteiger partial charge is 0.300 e. The van der Waals surface area contributed by atoms with Crippen LogP contribution in [0, 0.1) is 0 Å². The van der Waals surface area contributed by atoms with Crippen LogP contribution in [0.5, 0.6) is 0 Å². The van der Waals surface area contributed by atoms with Crippen molar-refractivity contribution in [1.82, 2.24) is 10.2 Å². The number of rotatable bonds is 6. The lowest BCUT2D eigenvalue weighted by Gasteiger charge is -2.18. The fraction of sp³-hybridized carbons (Fsp3) is 0.200. The van der Waals surface area contributed by atoms with Crippen molar-refractivity contribution in [2.75, 3.05) is 0 Å². The Morgan fingerprint density at radius 2 is 1.67 bits per heavy atom. The normalized spacial score (nSPS) is 12.1. The third-order valence-electron chi connectivity index (χ3n) is 4.24. The van der Waals surface area contributed by atoms with E-state index < -0.39 is 0 Å². The van der Waals surface area contributed by atoms with Crippen molar-refractivity contribution in [3.8, 4) is 11.1 Å². The highest BCUT2D eigenvalue weighted by Gasteiger charge is 2.17. The molecule has 1 heterocycles. The molecule has 0 spiro atoms. The molecule has 2 aromatic carbocycles. The molecule has 0 saturated heterocycles. The van der Waals surface area contributed by atoms with Gasteiger partial charge in [-0.05, 0) is 28.8 Å². The number of aromatic nitrogens is 2. The molecule has 0 bridgehead atoms. The van der Waals surface area contributed by atoms with Crippen LogP contribution in [0.1, 0.15) is 36.8 Å². The van der Waals surface area contributed by atoms with Crippen LogP contribution < -0.4 is 0 Å². The molecular weight excluding hydrogens is 320 g/mol. The van der Waals surface area contributed by atoms with E-state index >= 15 is 0 Å². The standard InChI is InChI=1S/C20H19ClN2O/c1-2-19(24)11-20(16-7-9-18(21)10-8-16)15-5-3-14(4-6-15)17-12-22-23-13-17/h3-10,12-13,20H,2,11H2,1H3,(H,22,23). The average molecular weight is 339 g/mol. The third-order valence-corrected chi connectivity index (χ3v) is 4.50. The number of Topliss-reactive ketones (excluding diaryl/α,β-unsaturated/α-hetero) is 1. The number of H-pyrrole nitrogens is 1. The molecule has 122 valence electrons. The number of hydrogen-bond acceptors (Lipinski definition) is 2. The summed E-state index contributed by atoms with van der Waals surface area (Å²) in [5.74, 6) is 0.307. The SMILES string of the molecule is CCC(=O)CC(c1ccc(Cl)cc1)c1ccc(-c2cn[nH]c2)cc1. The van der Waals surface area contributed by atoms with Crippen molar-refractivity contribution < 1.29 is 4.79 Å².